The summed E-state index contributed by atoms with van der Waals surface area (Å²) in [6, 6.07) is 13.2. The highest BCUT2D eigenvalue weighted by Gasteiger charge is 2.05. The van der Waals surface area contributed by atoms with Crippen LogP contribution in [0.4, 0.5) is 0 Å². The molecule has 0 unspecified atom stereocenters. The zero-order chi connectivity index (χ0) is 15.2. The number of benzene rings is 2. The molecule has 0 saturated heterocycles. The molecule has 0 bridgehead atoms. The zero-order valence-corrected chi connectivity index (χ0v) is 12.9. The van der Waals surface area contributed by atoms with Crippen molar-refractivity contribution in [3.8, 4) is 5.75 Å². The van der Waals surface area contributed by atoms with Crippen LogP contribution in [0.25, 0.3) is 0 Å². The number of carbonyl (C=O) groups is 1. The van der Waals surface area contributed by atoms with E-state index >= 15 is 0 Å². The average molecular weight is 304 g/mol. The van der Waals surface area contributed by atoms with E-state index < -0.39 is 0 Å². The minimum atomic E-state index is -0.173. The molecule has 1 amide bonds. The molecule has 0 aliphatic rings. The summed E-state index contributed by atoms with van der Waals surface area (Å²) in [7, 11) is 0. The fraction of sp³-hybridized carbons (Fsp3) is 0.235. The topological polar surface area (TPSA) is 38.3 Å². The maximum absolute atomic E-state index is 11.8. The largest absolute Gasteiger partial charge is 0.484 e. The van der Waals surface area contributed by atoms with Crippen LogP contribution in [-0.4, -0.2) is 12.5 Å². The van der Waals surface area contributed by atoms with Crippen LogP contribution in [0.15, 0.2) is 42.5 Å². The molecule has 0 radical (unpaired) electrons. The zero-order valence-electron chi connectivity index (χ0n) is 12.2. The van der Waals surface area contributed by atoms with Gasteiger partial charge in [-0.25, -0.2) is 0 Å². The van der Waals surface area contributed by atoms with Gasteiger partial charge in [0.1, 0.15) is 5.75 Å². The number of ether oxygens (including phenoxy) is 1. The SMILES string of the molecule is Cc1ccc(OCC(=O)NCc2ccccc2Cl)cc1C. The molecule has 3 nitrogen and oxygen atoms in total. The summed E-state index contributed by atoms with van der Waals surface area (Å²) in [6.45, 7) is 4.44. The Labute approximate surface area is 129 Å². The summed E-state index contributed by atoms with van der Waals surface area (Å²) in [5.41, 5.74) is 3.23. The molecule has 0 aliphatic heterocycles. The molecule has 0 aromatic heterocycles. The first-order chi connectivity index (χ1) is 10.1. The molecule has 2 aromatic carbocycles. The van der Waals surface area contributed by atoms with Crippen molar-refractivity contribution < 1.29 is 9.53 Å². The number of nitrogens with one attached hydrogen (secondary N) is 1. The third-order valence-corrected chi connectivity index (χ3v) is 3.65. The van der Waals surface area contributed by atoms with Crippen molar-refractivity contribution in [2.24, 2.45) is 0 Å². The Morgan fingerprint density at radius 2 is 1.90 bits per heavy atom. The van der Waals surface area contributed by atoms with E-state index in [-0.39, 0.29) is 12.5 Å². The van der Waals surface area contributed by atoms with E-state index in [9.17, 15) is 4.79 Å². The van der Waals surface area contributed by atoms with Crippen molar-refractivity contribution >= 4 is 17.5 Å². The number of aryl methyl sites for hydroxylation is 2. The predicted molar refractivity (Wildman–Crippen MR) is 84.7 cm³/mol. The third kappa shape index (κ3) is 4.50. The number of rotatable bonds is 5. The summed E-state index contributed by atoms with van der Waals surface area (Å²) in [5, 5.41) is 3.43. The van der Waals surface area contributed by atoms with Gasteiger partial charge in [0.2, 0.25) is 0 Å². The van der Waals surface area contributed by atoms with E-state index in [1.807, 2.05) is 50.2 Å². The summed E-state index contributed by atoms with van der Waals surface area (Å²) in [4.78, 5) is 11.8. The highest BCUT2D eigenvalue weighted by molar-refractivity contribution is 6.31. The lowest BCUT2D eigenvalue weighted by Gasteiger charge is -2.09. The van der Waals surface area contributed by atoms with Crippen molar-refractivity contribution in [2.45, 2.75) is 20.4 Å². The molecule has 2 aromatic rings. The van der Waals surface area contributed by atoms with E-state index in [1.54, 1.807) is 6.07 Å². The Balaban J connectivity index is 1.82. The predicted octanol–water partition coefficient (Wildman–Crippen LogP) is 3.65. The summed E-state index contributed by atoms with van der Waals surface area (Å²) in [6.07, 6.45) is 0. The van der Waals surface area contributed by atoms with Crippen LogP contribution in [0.5, 0.6) is 5.75 Å². The second kappa shape index (κ2) is 7.14. The smallest absolute Gasteiger partial charge is 0.258 e. The third-order valence-electron chi connectivity index (χ3n) is 3.28. The maximum Gasteiger partial charge on any atom is 0.258 e. The van der Waals surface area contributed by atoms with Crippen molar-refractivity contribution in [1.29, 1.82) is 0 Å². The van der Waals surface area contributed by atoms with Crippen LogP contribution in [-0.2, 0) is 11.3 Å². The van der Waals surface area contributed by atoms with Gasteiger partial charge in [-0.1, -0.05) is 35.9 Å². The quantitative estimate of drug-likeness (QED) is 0.915. The van der Waals surface area contributed by atoms with Crippen molar-refractivity contribution in [3.05, 3.63) is 64.2 Å². The van der Waals surface area contributed by atoms with E-state index in [0.717, 1.165) is 11.1 Å². The number of hydrogen-bond acceptors (Lipinski definition) is 2. The highest BCUT2D eigenvalue weighted by atomic mass is 35.5. The molecule has 21 heavy (non-hydrogen) atoms. The van der Waals surface area contributed by atoms with Gasteiger partial charge >= 0.3 is 0 Å². The van der Waals surface area contributed by atoms with Gasteiger partial charge in [-0.2, -0.15) is 0 Å². The number of carbonyl (C=O) groups excluding carboxylic acids is 1. The van der Waals surface area contributed by atoms with Crippen LogP contribution in [0, 0.1) is 13.8 Å². The van der Waals surface area contributed by atoms with E-state index in [2.05, 4.69) is 5.32 Å². The standard InChI is InChI=1S/C17H18ClNO2/c1-12-7-8-15(9-13(12)2)21-11-17(20)19-10-14-5-3-4-6-16(14)18/h3-9H,10-11H2,1-2H3,(H,19,20). The first-order valence-electron chi connectivity index (χ1n) is 6.76. The molecule has 110 valence electrons. The molecule has 0 heterocycles. The van der Waals surface area contributed by atoms with E-state index in [4.69, 9.17) is 16.3 Å². The van der Waals surface area contributed by atoms with Crippen molar-refractivity contribution in [2.75, 3.05) is 6.61 Å². The molecular weight excluding hydrogens is 286 g/mol. The summed E-state index contributed by atoms with van der Waals surface area (Å²) >= 11 is 6.03. The van der Waals surface area contributed by atoms with Gasteiger partial charge in [0.25, 0.3) is 5.91 Å². The van der Waals surface area contributed by atoms with E-state index in [1.165, 1.54) is 5.56 Å². The lowest BCUT2D eigenvalue weighted by Crippen LogP contribution is -2.28. The fourth-order valence-corrected chi connectivity index (χ4v) is 2.04. The summed E-state index contributed by atoms with van der Waals surface area (Å²) in [5.74, 6) is 0.527. The fourth-order valence-electron chi connectivity index (χ4n) is 1.84. The first-order valence-corrected chi connectivity index (χ1v) is 7.14. The Morgan fingerprint density at radius 3 is 2.62 bits per heavy atom. The minimum Gasteiger partial charge on any atom is -0.484 e. The van der Waals surface area contributed by atoms with Gasteiger partial charge in [-0.15, -0.1) is 0 Å². The van der Waals surface area contributed by atoms with Crippen LogP contribution in [0.3, 0.4) is 0 Å². The number of amides is 1. The monoisotopic (exact) mass is 303 g/mol. The normalized spacial score (nSPS) is 10.2. The van der Waals surface area contributed by atoms with Gasteiger partial charge in [-0.05, 0) is 48.7 Å². The molecule has 0 aliphatic carbocycles. The second-order valence-corrected chi connectivity index (χ2v) is 5.31. The Kier molecular flexibility index (Phi) is 5.23. The van der Waals surface area contributed by atoms with Gasteiger partial charge in [0, 0.05) is 11.6 Å². The molecule has 1 N–H and O–H groups in total. The Bertz CT molecular complexity index is 640. The van der Waals surface area contributed by atoms with Gasteiger partial charge in [-0.3, -0.25) is 4.79 Å². The highest BCUT2D eigenvalue weighted by Crippen LogP contribution is 2.16. The molecular formula is C17H18ClNO2. The second-order valence-electron chi connectivity index (χ2n) is 4.90. The first kappa shape index (κ1) is 15.4. The molecule has 0 spiro atoms. The number of halogens is 1. The summed E-state index contributed by atoms with van der Waals surface area (Å²) < 4.78 is 5.48. The minimum absolute atomic E-state index is 0.00699. The van der Waals surface area contributed by atoms with Crippen LogP contribution in [0.1, 0.15) is 16.7 Å². The molecule has 2 rings (SSSR count). The Morgan fingerprint density at radius 1 is 1.14 bits per heavy atom. The Hall–Kier alpha value is -2.00. The number of hydrogen-bond donors (Lipinski definition) is 1. The molecule has 0 saturated carbocycles. The van der Waals surface area contributed by atoms with Crippen LogP contribution < -0.4 is 10.1 Å². The lowest BCUT2D eigenvalue weighted by molar-refractivity contribution is -0.123. The molecule has 0 atom stereocenters. The van der Waals surface area contributed by atoms with Gasteiger partial charge in [0.05, 0.1) is 0 Å². The average Bonchev–Trinajstić information content (AvgIpc) is 2.47. The van der Waals surface area contributed by atoms with E-state index in [0.29, 0.717) is 17.3 Å². The van der Waals surface area contributed by atoms with Crippen LogP contribution in [0.2, 0.25) is 5.02 Å². The van der Waals surface area contributed by atoms with Crippen LogP contribution >= 0.6 is 11.6 Å². The van der Waals surface area contributed by atoms with Crippen molar-refractivity contribution in [1.82, 2.24) is 5.32 Å². The molecule has 4 heteroatoms. The maximum atomic E-state index is 11.8. The van der Waals surface area contributed by atoms with Gasteiger partial charge in [0.15, 0.2) is 6.61 Å². The van der Waals surface area contributed by atoms with Gasteiger partial charge < -0.3 is 10.1 Å². The molecule has 0 fully saturated rings. The van der Waals surface area contributed by atoms with Crippen molar-refractivity contribution in [3.63, 3.8) is 0 Å². The lowest BCUT2D eigenvalue weighted by atomic mass is 10.1.